The van der Waals surface area contributed by atoms with E-state index >= 15 is 0 Å². The number of carbonyl (C=O) groups excluding carboxylic acids is 1. The van der Waals surface area contributed by atoms with Crippen LogP contribution < -0.4 is 0 Å². The molecule has 2 fully saturated rings. The first-order valence-electron chi connectivity index (χ1n) is 9.30. The van der Waals surface area contributed by atoms with Gasteiger partial charge in [-0.2, -0.15) is 0 Å². The van der Waals surface area contributed by atoms with Gasteiger partial charge in [-0.1, -0.05) is 23.9 Å². The van der Waals surface area contributed by atoms with Crippen LogP contribution in [0.1, 0.15) is 45.1 Å². The Labute approximate surface area is 157 Å². The second-order valence-electron chi connectivity index (χ2n) is 7.03. The number of aromatic nitrogens is 3. The number of carbonyl (C=O) groups is 1. The van der Waals surface area contributed by atoms with Crippen LogP contribution in [0.4, 0.5) is 4.39 Å². The minimum absolute atomic E-state index is 0.160. The molecule has 7 heteroatoms. The van der Waals surface area contributed by atoms with Gasteiger partial charge in [-0.3, -0.25) is 9.36 Å². The molecule has 1 saturated carbocycles. The predicted molar refractivity (Wildman–Crippen MR) is 99.4 cm³/mol. The van der Waals surface area contributed by atoms with Crippen molar-refractivity contribution in [2.75, 3.05) is 13.1 Å². The smallest absolute Gasteiger partial charge is 0.235 e. The molecule has 1 aliphatic carbocycles. The summed E-state index contributed by atoms with van der Waals surface area (Å²) in [5.74, 6) is 0.425. The Balaban J connectivity index is 1.57. The lowest BCUT2D eigenvalue weighted by Crippen LogP contribution is -2.40. The van der Waals surface area contributed by atoms with Crippen molar-refractivity contribution >= 4 is 17.7 Å². The van der Waals surface area contributed by atoms with Gasteiger partial charge in [0, 0.05) is 19.1 Å². The summed E-state index contributed by atoms with van der Waals surface area (Å²) in [7, 11) is 0. The normalized spacial score (nSPS) is 18.8. The van der Waals surface area contributed by atoms with Crippen molar-refractivity contribution in [2.24, 2.45) is 0 Å². The number of piperidine rings is 1. The van der Waals surface area contributed by atoms with Gasteiger partial charge in [-0.05, 0) is 51.2 Å². The molecule has 1 atom stereocenters. The Bertz CT molecular complexity index is 799. The van der Waals surface area contributed by atoms with Crippen LogP contribution in [0.3, 0.4) is 0 Å². The van der Waals surface area contributed by atoms with Crippen LogP contribution in [0.2, 0.25) is 0 Å². The van der Waals surface area contributed by atoms with E-state index < -0.39 is 0 Å². The number of amides is 1. The van der Waals surface area contributed by atoms with Crippen molar-refractivity contribution in [3.05, 3.63) is 30.1 Å². The average molecular weight is 374 g/mol. The zero-order valence-electron chi connectivity index (χ0n) is 14.9. The highest BCUT2D eigenvalue weighted by Crippen LogP contribution is 2.42. The molecule has 26 heavy (non-hydrogen) atoms. The summed E-state index contributed by atoms with van der Waals surface area (Å²) >= 11 is 1.44. The van der Waals surface area contributed by atoms with Gasteiger partial charge in [0.25, 0.3) is 0 Å². The van der Waals surface area contributed by atoms with E-state index in [1.807, 2.05) is 16.4 Å². The van der Waals surface area contributed by atoms with Crippen LogP contribution in [0, 0.1) is 5.82 Å². The third kappa shape index (κ3) is 3.49. The number of rotatable bonds is 5. The average Bonchev–Trinajstić information content (AvgIpc) is 3.43. The Hall–Kier alpha value is -1.89. The highest BCUT2D eigenvalue weighted by atomic mass is 32.2. The van der Waals surface area contributed by atoms with Crippen LogP contribution in [0.5, 0.6) is 0 Å². The first-order valence-corrected chi connectivity index (χ1v) is 10.2. The van der Waals surface area contributed by atoms with E-state index in [0.717, 1.165) is 38.8 Å². The topological polar surface area (TPSA) is 51.0 Å². The number of halogens is 1. The molecular weight excluding hydrogens is 351 g/mol. The van der Waals surface area contributed by atoms with Gasteiger partial charge in [0.1, 0.15) is 5.82 Å². The third-order valence-electron chi connectivity index (χ3n) is 4.99. The van der Waals surface area contributed by atoms with Crippen molar-refractivity contribution < 1.29 is 9.18 Å². The van der Waals surface area contributed by atoms with Crippen LogP contribution in [0.15, 0.2) is 29.4 Å². The lowest BCUT2D eigenvalue weighted by molar-refractivity contribution is -0.131. The number of hydrogen-bond acceptors (Lipinski definition) is 4. The van der Waals surface area contributed by atoms with Crippen LogP contribution in [0.25, 0.3) is 11.4 Å². The molecule has 0 unspecified atom stereocenters. The number of thioether (sulfide) groups is 1. The maximum absolute atomic E-state index is 14.2. The summed E-state index contributed by atoms with van der Waals surface area (Å²) in [4.78, 5) is 14.7. The Morgan fingerprint density at radius 1 is 1.19 bits per heavy atom. The largest absolute Gasteiger partial charge is 0.342 e. The van der Waals surface area contributed by atoms with Gasteiger partial charge < -0.3 is 4.90 Å². The first kappa shape index (κ1) is 17.5. The molecule has 1 amide bonds. The van der Waals surface area contributed by atoms with Crippen LogP contribution in [-0.4, -0.2) is 43.9 Å². The standard InChI is InChI=1S/C19H23FN4OS/c1-13(18(25)23-11-5-2-6-12-23)26-19-22-21-17(24(19)14-9-10-14)15-7-3-4-8-16(15)20/h3-4,7-8,13-14H,2,5-6,9-12H2,1H3/t13-/m0/s1. The summed E-state index contributed by atoms with van der Waals surface area (Å²) in [6, 6.07) is 6.95. The summed E-state index contributed by atoms with van der Waals surface area (Å²) in [6.07, 6.45) is 5.45. The molecule has 2 aromatic rings. The van der Waals surface area contributed by atoms with E-state index in [-0.39, 0.29) is 17.0 Å². The molecule has 0 radical (unpaired) electrons. The number of nitrogens with zero attached hydrogens (tertiary/aromatic N) is 4. The van der Waals surface area contributed by atoms with Gasteiger partial charge in [-0.25, -0.2) is 4.39 Å². The van der Waals surface area contributed by atoms with E-state index in [1.165, 1.54) is 24.2 Å². The van der Waals surface area contributed by atoms with Gasteiger partial charge in [0.2, 0.25) is 5.91 Å². The van der Waals surface area contributed by atoms with Gasteiger partial charge >= 0.3 is 0 Å². The molecule has 1 saturated heterocycles. The Morgan fingerprint density at radius 2 is 1.92 bits per heavy atom. The molecule has 0 bridgehead atoms. The fraction of sp³-hybridized carbons (Fsp3) is 0.526. The molecule has 1 aliphatic heterocycles. The molecule has 2 heterocycles. The molecule has 1 aromatic carbocycles. The second kappa shape index (κ2) is 7.39. The third-order valence-corrected chi connectivity index (χ3v) is 6.03. The number of benzene rings is 1. The number of likely N-dealkylation sites (tertiary alicyclic amines) is 1. The molecule has 0 spiro atoms. The zero-order chi connectivity index (χ0) is 18.1. The maximum Gasteiger partial charge on any atom is 0.235 e. The van der Waals surface area contributed by atoms with Crippen LogP contribution in [-0.2, 0) is 4.79 Å². The minimum atomic E-state index is -0.296. The summed E-state index contributed by atoms with van der Waals surface area (Å²) in [5, 5.41) is 9.05. The molecule has 138 valence electrons. The van der Waals surface area contributed by atoms with Crippen molar-refractivity contribution in [2.45, 2.75) is 55.5 Å². The monoisotopic (exact) mass is 374 g/mol. The summed E-state index contributed by atoms with van der Waals surface area (Å²) < 4.78 is 16.3. The summed E-state index contributed by atoms with van der Waals surface area (Å²) in [5.41, 5.74) is 0.466. The maximum atomic E-state index is 14.2. The molecule has 2 aliphatic rings. The Kier molecular flexibility index (Phi) is 4.98. The van der Waals surface area contributed by atoms with E-state index in [9.17, 15) is 9.18 Å². The lowest BCUT2D eigenvalue weighted by Gasteiger charge is -2.28. The zero-order valence-corrected chi connectivity index (χ0v) is 15.7. The van der Waals surface area contributed by atoms with Gasteiger partial charge in [0.15, 0.2) is 11.0 Å². The lowest BCUT2D eigenvalue weighted by atomic mass is 10.1. The molecule has 4 rings (SSSR count). The Morgan fingerprint density at radius 3 is 2.62 bits per heavy atom. The molecule has 0 N–H and O–H groups in total. The van der Waals surface area contributed by atoms with Crippen molar-refractivity contribution in [3.8, 4) is 11.4 Å². The second-order valence-corrected chi connectivity index (χ2v) is 8.34. The SMILES string of the molecule is C[C@H](Sc1nnc(-c2ccccc2F)n1C1CC1)C(=O)N1CCCCC1. The molecule has 5 nitrogen and oxygen atoms in total. The predicted octanol–water partition coefficient (Wildman–Crippen LogP) is 3.91. The van der Waals surface area contributed by atoms with E-state index in [0.29, 0.717) is 22.6 Å². The summed E-state index contributed by atoms with van der Waals surface area (Å²) in [6.45, 7) is 3.62. The van der Waals surface area contributed by atoms with E-state index in [2.05, 4.69) is 10.2 Å². The highest BCUT2D eigenvalue weighted by molar-refractivity contribution is 8.00. The fourth-order valence-electron chi connectivity index (χ4n) is 3.43. The van der Waals surface area contributed by atoms with Gasteiger partial charge in [-0.15, -0.1) is 10.2 Å². The quantitative estimate of drug-likeness (QED) is 0.745. The molecule has 1 aromatic heterocycles. The van der Waals surface area contributed by atoms with Crippen molar-refractivity contribution in [3.63, 3.8) is 0 Å². The molecular formula is C19H23FN4OS. The fourth-order valence-corrected chi connectivity index (χ4v) is 4.43. The highest BCUT2D eigenvalue weighted by Gasteiger charge is 2.33. The minimum Gasteiger partial charge on any atom is -0.342 e. The van der Waals surface area contributed by atoms with Crippen LogP contribution >= 0.6 is 11.8 Å². The first-order chi connectivity index (χ1) is 12.6. The van der Waals surface area contributed by atoms with Gasteiger partial charge in [0.05, 0.1) is 10.8 Å². The van der Waals surface area contributed by atoms with E-state index in [1.54, 1.807) is 18.2 Å². The van der Waals surface area contributed by atoms with Crippen molar-refractivity contribution in [1.29, 1.82) is 0 Å². The number of hydrogen-bond donors (Lipinski definition) is 0. The van der Waals surface area contributed by atoms with Crippen molar-refractivity contribution in [1.82, 2.24) is 19.7 Å². The van der Waals surface area contributed by atoms with E-state index in [4.69, 9.17) is 0 Å².